The summed E-state index contributed by atoms with van der Waals surface area (Å²) in [5.41, 5.74) is 2.81. The zero-order chi connectivity index (χ0) is 20.8. The molecular formula is C28H52. The number of unbranched alkanes of at least 4 members (excludes halogenated alkanes) is 1. The molecule has 0 aliphatic heterocycles. The molecule has 5 atom stereocenters. The molecule has 0 radical (unpaired) electrons. The topological polar surface area (TPSA) is 0 Å². The molecule has 0 heteroatoms. The molecular weight excluding hydrogens is 336 g/mol. The molecule has 2 aliphatic rings. The van der Waals surface area contributed by atoms with Gasteiger partial charge in [0.2, 0.25) is 0 Å². The molecule has 0 N–H and O–H groups in total. The molecule has 2 rings (SSSR count). The van der Waals surface area contributed by atoms with Crippen molar-refractivity contribution in [3.8, 4) is 0 Å². The van der Waals surface area contributed by atoms with Gasteiger partial charge in [0.15, 0.2) is 0 Å². The van der Waals surface area contributed by atoms with Crippen LogP contribution in [0.4, 0.5) is 0 Å². The fourth-order valence-electron chi connectivity index (χ4n) is 7.02. The van der Waals surface area contributed by atoms with Crippen LogP contribution in [0.3, 0.4) is 0 Å². The minimum Gasteiger partial charge on any atom is -0.0848 e. The average molecular weight is 389 g/mol. The second-order valence-corrected chi connectivity index (χ2v) is 11.4. The van der Waals surface area contributed by atoms with Gasteiger partial charge in [0.05, 0.1) is 0 Å². The molecule has 0 nitrogen and oxygen atoms in total. The molecule has 0 amide bonds. The van der Waals surface area contributed by atoms with Gasteiger partial charge in [-0.15, -0.1) is 0 Å². The Morgan fingerprint density at radius 2 is 1.79 bits per heavy atom. The summed E-state index contributed by atoms with van der Waals surface area (Å²) in [7, 11) is 0. The normalized spacial score (nSPS) is 38.9. The maximum atomic E-state index is 2.70. The van der Waals surface area contributed by atoms with Gasteiger partial charge in [-0.3, -0.25) is 0 Å². The predicted molar refractivity (Wildman–Crippen MR) is 127 cm³/mol. The van der Waals surface area contributed by atoms with Crippen molar-refractivity contribution in [3.63, 3.8) is 0 Å². The van der Waals surface area contributed by atoms with Crippen LogP contribution in [0.5, 0.6) is 0 Å². The van der Waals surface area contributed by atoms with Crippen molar-refractivity contribution in [2.75, 3.05) is 0 Å². The lowest BCUT2D eigenvalue weighted by Crippen LogP contribution is -2.34. The van der Waals surface area contributed by atoms with Gasteiger partial charge in [-0.2, -0.15) is 0 Å². The van der Waals surface area contributed by atoms with Crippen molar-refractivity contribution in [3.05, 3.63) is 11.6 Å². The molecule has 0 bridgehead atoms. The number of fused-ring (bicyclic) bond motifs is 1. The minimum atomic E-state index is 0.429. The third kappa shape index (κ3) is 5.46. The summed E-state index contributed by atoms with van der Waals surface area (Å²) in [4.78, 5) is 0. The maximum Gasteiger partial charge on any atom is -0.00910 e. The van der Waals surface area contributed by atoms with Crippen LogP contribution in [0.15, 0.2) is 11.6 Å². The van der Waals surface area contributed by atoms with Crippen LogP contribution in [-0.4, -0.2) is 0 Å². The number of hydrogen-bond donors (Lipinski definition) is 0. The first kappa shape index (κ1) is 24.0. The van der Waals surface area contributed by atoms with E-state index in [-0.39, 0.29) is 0 Å². The van der Waals surface area contributed by atoms with Crippen LogP contribution in [0.2, 0.25) is 0 Å². The first-order chi connectivity index (χ1) is 13.3. The van der Waals surface area contributed by atoms with Gasteiger partial charge in [-0.05, 0) is 92.3 Å². The zero-order valence-electron chi connectivity index (χ0n) is 20.6. The van der Waals surface area contributed by atoms with Gasteiger partial charge < -0.3 is 0 Å². The molecule has 0 aromatic heterocycles. The average Bonchev–Trinajstić information content (AvgIpc) is 2.96. The number of allylic oxidation sites excluding steroid dienone is 2. The third-order valence-corrected chi connectivity index (χ3v) is 9.31. The van der Waals surface area contributed by atoms with Crippen molar-refractivity contribution in [2.24, 2.45) is 34.5 Å². The Morgan fingerprint density at radius 1 is 1.04 bits per heavy atom. The van der Waals surface area contributed by atoms with Crippen LogP contribution < -0.4 is 0 Å². The van der Waals surface area contributed by atoms with Gasteiger partial charge in [0, 0.05) is 0 Å². The Kier molecular flexibility index (Phi) is 9.15. The molecule has 1 fully saturated rings. The van der Waals surface area contributed by atoms with Crippen LogP contribution in [0, 0.1) is 34.5 Å². The maximum absolute atomic E-state index is 2.70. The van der Waals surface area contributed by atoms with Crippen molar-refractivity contribution < 1.29 is 0 Å². The van der Waals surface area contributed by atoms with Crippen molar-refractivity contribution >= 4 is 0 Å². The first-order valence-corrected chi connectivity index (χ1v) is 13.0. The summed E-state index contributed by atoms with van der Waals surface area (Å²) in [6.45, 7) is 17.4. The Labute approximate surface area is 178 Å². The van der Waals surface area contributed by atoms with Crippen LogP contribution >= 0.6 is 0 Å². The van der Waals surface area contributed by atoms with E-state index in [2.05, 4.69) is 54.5 Å². The highest BCUT2D eigenvalue weighted by Gasteiger charge is 2.46. The molecule has 0 aromatic rings. The number of rotatable bonds is 8. The molecule has 2 aliphatic carbocycles. The highest BCUT2D eigenvalue weighted by Crippen LogP contribution is 2.56. The second kappa shape index (κ2) is 10.7. The van der Waals surface area contributed by atoms with Crippen molar-refractivity contribution in [2.45, 2.75) is 132 Å². The monoisotopic (exact) mass is 388 g/mol. The van der Waals surface area contributed by atoms with E-state index in [4.69, 9.17) is 0 Å². The fourth-order valence-corrected chi connectivity index (χ4v) is 7.02. The predicted octanol–water partition coefficient (Wildman–Crippen LogP) is 9.59. The van der Waals surface area contributed by atoms with Crippen LogP contribution in [0.25, 0.3) is 0 Å². The van der Waals surface area contributed by atoms with Gasteiger partial charge in [0.1, 0.15) is 0 Å². The van der Waals surface area contributed by atoms with E-state index in [9.17, 15) is 0 Å². The molecule has 0 aromatic carbocycles. The summed E-state index contributed by atoms with van der Waals surface area (Å²) in [6, 6.07) is 0. The van der Waals surface area contributed by atoms with E-state index in [0.29, 0.717) is 10.8 Å². The molecule has 1 saturated carbocycles. The lowest BCUT2D eigenvalue weighted by molar-refractivity contribution is 0.0956. The summed E-state index contributed by atoms with van der Waals surface area (Å²) >= 11 is 0. The Morgan fingerprint density at radius 3 is 2.43 bits per heavy atom. The minimum absolute atomic E-state index is 0.429. The van der Waals surface area contributed by atoms with Gasteiger partial charge in [-0.25, -0.2) is 0 Å². The highest BCUT2D eigenvalue weighted by atomic mass is 14.5. The Balaban J connectivity index is 2.13. The molecule has 0 spiro atoms. The standard InChI is InChI=1S/C28H52/c1-8-20-27(6)23(5)19-21-28(7)25(14-11-10-13-22(3)4)17-18-26(28)16-12-15-24(27)9-2/h15,22-23,25-26H,8-14,16-21H2,1-7H3/b24-15-. The van der Waals surface area contributed by atoms with Crippen molar-refractivity contribution in [1.29, 1.82) is 0 Å². The van der Waals surface area contributed by atoms with Gasteiger partial charge in [0.25, 0.3) is 0 Å². The van der Waals surface area contributed by atoms with E-state index >= 15 is 0 Å². The van der Waals surface area contributed by atoms with Crippen LogP contribution in [-0.2, 0) is 0 Å². The Bertz CT molecular complexity index is 486. The zero-order valence-corrected chi connectivity index (χ0v) is 20.6. The largest absolute Gasteiger partial charge is 0.0848 e. The van der Waals surface area contributed by atoms with Gasteiger partial charge in [-0.1, -0.05) is 85.8 Å². The smallest absolute Gasteiger partial charge is 0.00910 e. The SMILES string of the molecule is CCCC1(C)/C(CC)=C\CCC2CCC(CCCCC(C)C)C2(C)CCC1C. The molecule has 28 heavy (non-hydrogen) atoms. The van der Waals surface area contributed by atoms with E-state index in [1.54, 1.807) is 5.57 Å². The quantitative estimate of drug-likeness (QED) is 0.287. The highest BCUT2D eigenvalue weighted by molar-refractivity contribution is 5.16. The summed E-state index contributed by atoms with van der Waals surface area (Å²) in [5.74, 6) is 3.65. The lowest BCUT2D eigenvalue weighted by atomic mass is 9.61. The van der Waals surface area contributed by atoms with Crippen molar-refractivity contribution in [1.82, 2.24) is 0 Å². The molecule has 5 unspecified atom stereocenters. The third-order valence-electron chi connectivity index (χ3n) is 9.31. The molecule has 0 saturated heterocycles. The molecule has 164 valence electrons. The second-order valence-electron chi connectivity index (χ2n) is 11.4. The first-order valence-electron chi connectivity index (χ1n) is 13.0. The van der Waals surface area contributed by atoms with Crippen LogP contribution in [0.1, 0.15) is 132 Å². The van der Waals surface area contributed by atoms with Gasteiger partial charge >= 0.3 is 0 Å². The number of hydrogen-bond acceptors (Lipinski definition) is 0. The van der Waals surface area contributed by atoms with E-state index in [1.807, 2.05) is 0 Å². The summed E-state index contributed by atoms with van der Waals surface area (Å²) in [5, 5.41) is 0. The summed E-state index contributed by atoms with van der Waals surface area (Å²) in [6.07, 6.45) is 21.1. The Hall–Kier alpha value is -0.260. The van der Waals surface area contributed by atoms with E-state index in [1.165, 1.54) is 83.5 Å². The lowest BCUT2D eigenvalue weighted by Gasteiger charge is -2.44. The van der Waals surface area contributed by atoms with E-state index in [0.717, 1.165) is 23.7 Å². The molecule has 0 heterocycles. The van der Waals surface area contributed by atoms with E-state index < -0.39 is 0 Å². The summed E-state index contributed by atoms with van der Waals surface area (Å²) < 4.78 is 0. The fraction of sp³-hybridized carbons (Fsp3) is 0.929.